The summed E-state index contributed by atoms with van der Waals surface area (Å²) in [5.74, 6) is 0.494. The Balaban J connectivity index is 1.42. The maximum Gasteiger partial charge on any atom is 0.268 e. The van der Waals surface area contributed by atoms with Gasteiger partial charge in [0.2, 0.25) is 0 Å². The van der Waals surface area contributed by atoms with Gasteiger partial charge in [-0.2, -0.15) is 5.10 Å². The summed E-state index contributed by atoms with van der Waals surface area (Å²) < 4.78 is 1.18. The Morgan fingerprint density at radius 3 is 3.00 bits per heavy atom. The summed E-state index contributed by atoms with van der Waals surface area (Å²) in [4.78, 5) is 17.3. The van der Waals surface area contributed by atoms with Crippen molar-refractivity contribution in [1.82, 2.24) is 15.3 Å². The quantitative estimate of drug-likeness (QED) is 0.788. The lowest BCUT2D eigenvalue weighted by molar-refractivity contribution is -0.126. The molecule has 2 atom stereocenters. The highest BCUT2D eigenvalue weighted by Gasteiger charge is 2.31. The molecule has 0 bridgehead atoms. The van der Waals surface area contributed by atoms with Crippen LogP contribution < -0.4 is 5.32 Å². The highest BCUT2D eigenvalue weighted by Crippen LogP contribution is 2.45. The van der Waals surface area contributed by atoms with Crippen LogP contribution in [0.25, 0.3) is 15.5 Å². The zero-order chi connectivity index (χ0) is 18.4. The molecule has 0 aliphatic carbocycles. The topological polar surface area (TPSA) is 57.6 Å². The number of aryl methyl sites for hydroxylation is 1. The van der Waals surface area contributed by atoms with E-state index in [0.717, 1.165) is 53.0 Å². The number of benzene rings is 1. The molecule has 0 spiro atoms. The number of nitrogens with one attached hydrogen (secondary N) is 1. The number of carbonyl (C=O) groups is 1. The number of nitrogens with zero attached hydrogens (tertiary/aromatic N) is 3. The van der Waals surface area contributed by atoms with Crippen molar-refractivity contribution in [3.05, 3.63) is 47.0 Å². The number of rotatable bonds is 2. The molecule has 1 aromatic heterocycles. The number of allylic oxidation sites excluding steroid dienone is 1. The highest BCUT2D eigenvalue weighted by atomic mass is 32.1. The first kappa shape index (κ1) is 17.2. The van der Waals surface area contributed by atoms with E-state index < -0.39 is 0 Å². The lowest BCUT2D eigenvalue weighted by Crippen LogP contribution is -2.39. The van der Waals surface area contributed by atoms with Gasteiger partial charge in [0.25, 0.3) is 5.91 Å². The SMILES string of the molecule is Cc1nc2ccc(C3=CC(=O)N4N=C(C5CCNCC5)C=CC4P3)cc2s1. The van der Waals surface area contributed by atoms with E-state index in [4.69, 9.17) is 5.10 Å². The maximum absolute atomic E-state index is 12.8. The molecule has 5 rings (SSSR count). The van der Waals surface area contributed by atoms with Crippen LogP contribution in [0, 0.1) is 12.8 Å². The third kappa shape index (κ3) is 3.27. The van der Waals surface area contributed by atoms with Crippen LogP contribution in [-0.4, -0.2) is 40.5 Å². The van der Waals surface area contributed by atoms with Gasteiger partial charge in [0.05, 0.1) is 26.7 Å². The normalized spacial score (nSPS) is 24.3. The second-order valence-corrected chi connectivity index (χ2v) is 9.81. The molecule has 4 heterocycles. The standard InChI is InChI=1S/C20H21N4OPS/c1-12-22-16-3-2-14(10-18(16)27-12)17-11-19(25)24-20(26-17)5-4-15(23-24)13-6-8-21-9-7-13/h2-5,10-11,13,20-21,26H,6-9H2,1H3. The van der Waals surface area contributed by atoms with Crippen molar-refractivity contribution in [2.24, 2.45) is 11.0 Å². The predicted molar refractivity (Wildman–Crippen MR) is 113 cm³/mol. The molecule has 7 heteroatoms. The summed E-state index contributed by atoms with van der Waals surface area (Å²) in [7, 11) is 0.507. The molecule has 2 unspecified atom stereocenters. The summed E-state index contributed by atoms with van der Waals surface area (Å²) in [6.45, 7) is 4.08. The van der Waals surface area contributed by atoms with Gasteiger partial charge >= 0.3 is 0 Å². The van der Waals surface area contributed by atoms with Crippen molar-refractivity contribution in [1.29, 1.82) is 0 Å². The molecule has 1 aromatic carbocycles. The van der Waals surface area contributed by atoms with Crippen LogP contribution in [0.5, 0.6) is 0 Å². The minimum atomic E-state index is -0.00915. The van der Waals surface area contributed by atoms with Crippen LogP contribution in [0.15, 0.2) is 41.5 Å². The second-order valence-electron chi connectivity index (χ2n) is 7.15. The largest absolute Gasteiger partial charge is 0.317 e. The molecule has 1 fully saturated rings. The Labute approximate surface area is 164 Å². The van der Waals surface area contributed by atoms with Gasteiger partial charge in [-0.1, -0.05) is 20.7 Å². The Morgan fingerprint density at radius 1 is 1.30 bits per heavy atom. The highest BCUT2D eigenvalue weighted by molar-refractivity contribution is 7.51. The van der Waals surface area contributed by atoms with Gasteiger partial charge in [0, 0.05) is 12.0 Å². The number of hydrogen-bond acceptors (Lipinski definition) is 5. The second kappa shape index (κ2) is 6.93. The number of piperidine rings is 1. The van der Waals surface area contributed by atoms with Crippen LogP contribution in [0.3, 0.4) is 0 Å². The van der Waals surface area contributed by atoms with Gasteiger partial charge in [-0.05, 0) is 61.9 Å². The van der Waals surface area contributed by atoms with Crippen LogP contribution >= 0.6 is 19.9 Å². The van der Waals surface area contributed by atoms with E-state index in [1.54, 1.807) is 22.4 Å². The molecule has 5 nitrogen and oxygen atoms in total. The first-order valence-electron chi connectivity index (χ1n) is 9.34. The van der Waals surface area contributed by atoms with Gasteiger partial charge in [-0.3, -0.25) is 4.79 Å². The zero-order valence-electron chi connectivity index (χ0n) is 15.1. The molecule has 1 saturated heterocycles. The molecule has 0 radical (unpaired) electrons. The lowest BCUT2D eigenvalue weighted by atomic mass is 9.92. The van der Waals surface area contributed by atoms with Crippen LogP contribution in [0.2, 0.25) is 0 Å². The maximum atomic E-state index is 12.8. The van der Waals surface area contributed by atoms with Crippen molar-refractivity contribution < 1.29 is 4.79 Å². The van der Waals surface area contributed by atoms with Gasteiger partial charge in [0.1, 0.15) is 0 Å². The third-order valence-corrected chi connectivity index (χ3v) is 7.71. The fourth-order valence-corrected chi connectivity index (χ4v) is 6.10. The first-order valence-corrected chi connectivity index (χ1v) is 11.2. The van der Waals surface area contributed by atoms with E-state index in [2.05, 4.69) is 40.7 Å². The molecular formula is C20H21N4OPS. The number of carbonyl (C=O) groups excluding carboxylic acids is 1. The molecule has 0 saturated carbocycles. The fraction of sp³-hybridized carbons (Fsp3) is 0.350. The predicted octanol–water partition coefficient (Wildman–Crippen LogP) is 3.72. The molecular weight excluding hydrogens is 375 g/mol. The summed E-state index contributed by atoms with van der Waals surface area (Å²) in [6, 6.07) is 6.30. The van der Waals surface area contributed by atoms with Crippen molar-refractivity contribution in [2.45, 2.75) is 25.5 Å². The van der Waals surface area contributed by atoms with E-state index in [1.807, 2.05) is 6.92 Å². The number of thiazole rings is 1. The third-order valence-electron chi connectivity index (χ3n) is 5.30. The van der Waals surface area contributed by atoms with E-state index in [-0.39, 0.29) is 11.7 Å². The molecule has 3 aliphatic rings. The van der Waals surface area contributed by atoms with Crippen molar-refractivity contribution in [3.8, 4) is 0 Å². The molecule has 3 aliphatic heterocycles. The summed E-state index contributed by atoms with van der Waals surface area (Å²) in [5, 5.41) is 12.0. The summed E-state index contributed by atoms with van der Waals surface area (Å²) in [6.07, 6.45) is 8.27. The molecule has 2 aromatic rings. The van der Waals surface area contributed by atoms with E-state index in [0.29, 0.717) is 14.5 Å². The van der Waals surface area contributed by atoms with Crippen molar-refractivity contribution in [2.75, 3.05) is 13.1 Å². The van der Waals surface area contributed by atoms with Crippen LogP contribution in [-0.2, 0) is 4.79 Å². The molecule has 138 valence electrons. The van der Waals surface area contributed by atoms with Gasteiger partial charge in [-0.25, -0.2) is 9.99 Å². The summed E-state index contributed by atoms with van der Waals surface area (Å²) in [5.41, 5.74) is 3.21. The van der Waals surface area contributed by atoms with E-state index in [9.17, 15) is 4.79 Å². The smallest absolute Gasteiger partial charge is 0.268 e. The fourth-order valence-electron chi connectivity index (χ4n) is 3.89. The molecule has 1 N–H and O–H groups in total. The van der Waals surface area contributed by atoms with E-state index in [1.165, 1.54) is 4.70 Å². The Hall–Kier alpha value is -1.88. The van der Waals surface area contributed by atoms with E-state index >= 15 is 0 Å². The van der Waals surface area contributed by atoms with Gasteiger partial charge < -0.3 is 5.32 Å². The first-order chi connectivity index (χ1) is 13.2. The minimum absolute atomic E-state index is 0.00915. The average molecular weight is 396 g/mol. The number of aromatic nitrogens is 1. The number of fused-ring (bicyclic) bond motifs is 2. The zero-order valence-corrected chi connectivity index (χ0v) is 16.9. The molecule has 1 amide bonds. The Bertz CT molecular complexity index is 1000. The van der Waals surface area contributed by atoms with Gasteiger partial charge in [0.15, 0.2) is 0 Å². The van der Waals surface area contributed by atoms with Crippen LogP contribution in [0.4, 0.5) is 0 Å². The average Bonchev–Trinajstić information content (AvgIpc) is 3.07. The minimum Gasteiger partial charge on any atom is -0.317 e. The lowest BCUT2D eigenvalue weighted by Gasteiger charge is -2.34. The van der Waals surface area contributed by atoms with Crippen molar-refractivity contribution in [3.63, 3.8) is 0 Å². The summed E-state index contributed by atoms with van der Waals surface area (Å²) >= 11 is 1.70. The van der Waals surface area contributed by atoms with Crippen molar-refractivity contribution >= 4 is 47.1 Å². The number of hydrazone groups is 1. The Kier molecular flexibility index (Phi) is 4.43. The number of hydrogen-bond donors (Lipinski definition) is 1. The monoisotopic (exact) mass is 396 g/mol. The van der Waals surface area contributed by atoms with Crippen LogP contribution in [0.1, 0.15) is 23.4 Å². The number of amides is 1. The molecule has 27 heavy (non-hydrogen) atoms. The van der Waals surface area contributed by atoms with Gasteiger partial charge in [-0.15, -0.1) is 11.3 Å². The Morgan fingerprint density at radius 2 is 2.15 bits per heavy atom.